The minimum absolute atomic E-state index is 0.0909. The molecular formula is C15H17N3O2. The molecule has 5 nitrogen and oxygen atoms in total. The van der Waals surface area contributed by atoms with Crippen molar-refractivity contribution in [2.24, 2.45) is 0 Å². The molecule has 4 heterocycles. The van der Waals surface area contributed by atoms with E-state index in [9.17, 15) is 4.79 Å². The monoisotopic (exact) mass is 271 g/mol. The van der Waals surface area contributed by atoms with Crippen LogP contribution in [0.5, 0.6) is 0 Å². The number of fused-ring (bicyclic) bond motifs is 3. The molecule has 0 aliphatic carbocycles. The summed E-state index contributed by atoms with van der Waals surface area (Å²) in [4.78, 5) is 16.5. The summed E-state index contributed by atoms with van der Waals surface area (Å²) in [6.45, 7) is 1.97. The molecule has 2 N–H and O–H groups in total. The summed E-state index contributed by atoms with van der Waals surface area (Å²) in [5, 5.41) is 7.58. The van der Waals surface area contributed by atoms with Crippen LogP contribution in [0.4, 0.5) is 0 Å². The molecule has 104 valence electrons. The number of carbonyl (C=O) groups is 1. The molecule has 2 saturated heterocycles. The number of nitrogens with one attached hydrogen (secondary N) is 2. The third-order valence-electron chi connectivity index (χ3n) is 4.50. The standard InChI is InChI=1S/C15H17N3O2/c1-8-7-20-14-6-16-13(5-10(8)14)15(19)18-12-4-9-2-3-11(12)17-9/h5-7,9,11-12,17H,2-4H2,1H3,(H,18,19)/t9-,11-,12+/m0/s1. The summed E-state index contributed by atoms with van der Waals surface area (Å²) in [5.41, 5.74) is 2.21. The van der Waals surface area contributed by atoms with Crippen molar-refractivity contribution in [2.75, 3.05) is 0 Å². The second kappa shape index (κ2) is 4.31. The summed E-state index contributed by atoms with van der Waals surface area (Å²) >= 11 is 0. The first kappa shape index (κ1) is 11.9. The van der Waals surface area contributed by atoms with Crippen LogP contribution in [0.25, 0.3) is 11.0 Å². The van der Waals surface area contributed by atoms with Gasteiger partial charge in [0.15, 0.2) is 5.58 Å². The molecule has 20 heavy (non-hydrogen) atoms. The Labute approximate surface area is 116 Å². The highest BCUT2D eigenvalue weighted by atomic mass is 16.3. The van der Waals surface area contributed by atoms with Crippen LogP contribution in [0, 0.1) is 6.92 Å². The first-order chi connectivity index (χ1) is 9.70. The lowest BCUT2D eigenvalue weighted by atomic mass is 9.95. The Morgan fingerprint density at radius 3 is 3.15 bits per heavy atom. The second-order valence-corrected chi connectivity index (χ2v) is 5.85. The largest absolute Gasteiger partial charge is 0.462 e. The zero-order chi connectivity index (χ0) is 13.7. The van der Waals surface area contributed by atoms with Gasteiger partial charge >= 0.3 is 0 Å². The molecule has 3 atom stereocenters. The predicted octanol–water partition coefficient (Wildman–Crippen LogP) is 1.76. The SMILES string of the molecule is Cc1coc2cnc(C(=O)N[C@@H]3C[C@@H]4CC[C@@H]3N4)cc12. The van der Waals surface area contributed by atoms with Gasteiger partial charge in [-0.25, -0.2) is 4.98 Å². The number of hydrogen-bond donors (Lipinski definition) is 2. The van der Waals surface area contributed by atoms with Gasteiger partial charge in [-0.15, -0.1) is 0 Å². The highest BCUT2D eigenvalue weighted by Gasteiger charge is 2.39. The molecular weight excluding hydrogens is 254 g/mol. The second-order valence-electron chi connectivity index (χ2n) is 5.85. The van der Waals surface area contributed by atoms with Gasteiger partial charge in [-0.1, -0.05) is 0 Å². The number of amides is 1. The van der Waals surface area contributed by atoms with Crippen molar-refractivity contribution >= 4 is 16.9 Å². The molecule has 2 fully saturated rings. The molecule has 0 saturated carbocycles. The van der Waals surface area contributed by atoms with Gasteiger partial charge in [0.2, 0.25) is 0 Å². The number of rotatable bonds is 2. The number of furan rings is 1. The molecule has 0 unspecified atom stereocenters. The molecule has 4 rings (SSSR count). The summed E-state index contributed by atoms with van der Waals surface area (Å²) in [5.74, 6) is -0.0909. The van der Waals surface area contributed by atoms with Crippen molar-refractivity contribution in [3.63, 3.8) is 0 Å². The van der Waals surface area contributed by atoms with E-state index in [4.69, 9.17) is 4.42 Å². The number of aryl methyl sites for hydroxylation is 1. The van der Waals surface area contributed by atoms with Gasteiger partial charge in [-0.2, -0.15) is 0 Å². The first-order valence-electron chi connectivity index (χ1n) is 7.11. The van der Waals surface area contributed by atoms with Crippen molar-refractivity contribution in [2.45, 2.75) is 44.3 Å². The van der Waals surface area contributed by atoms with Crippen LogP contribution in [0.15, 0.2) is 22.9 Å². The van der Waals surface area contributed by atoms with Crippen LogP contribution >= 0.6 is 0 Å². The zero-order valence-electron chi connectivity index (χ0n) is 11.3. The summed E-state index contributed by atoms with van der Waals surface area (Å²) in [6, 6.07) is 3.06. The molecule has 0 spiro atoms. The number of pyridine rings is 1. The van der Waals surface area contributed by atoms with E-state index in [2.05, 4.69) is 15.6 Å². The van der Waals surface area contributed by atoms with E-state index in [0.717, 1.165) is 29.4 Å². The Morgan fingerprint density at radius 2 is 2.40 bits per heavy atom. The maximum Gasteiger partial charge on any atom is 0.270 e. The number of aromatic nitrogens is 1. The van der Waals surface area contributed by atoms with Gasteiger partial charge in [0.25, 0.3) is 5.91 Å². The topological polar surface area (TPSA) is 67.2 Å². The third kappa shape index (κ3) is 1.81. The van der Waals surface area contributed by atoms with Crippen molar-refractivity contribution < 1.29 is 9.21 Å². The lowest BCUT2D eigenvalue weighted by Crippen LogP contribution is -2.43. The minimum atomic E-state index is -0.0909. The van der Waals surface area contributed by atoms with E-state index in [0.29, 0.717) is 17.8 Å². The van der Waals surface area contributed by atoms with Crippen molar-refractivity contribution in [3.8, 4) is 0 Å². The molecule has 2 bridgehead atoms. The molecule has 2 aliphatic rings. The highest BCUT2D eigenvalue weighted by molar-refractivity contribution is 5.96. The van der Waals surface area contributed by atoms with Crippen molar-refractivity contribution in [1.29, 1.82) is 0 Å². The van der Waals surface area contributed by atoms with E-state index in [1.807, 2.05) is 13.0 Å². The molecule has 2 aliphatic heterocycles. The fourth-order valence-electron chi connectivity index (χ4n) is 3.41. The minimum Gasteiger partial charge on any atom is -0.462 e. The molecule has 1 amide bonds. The van der Waals surface area contributed by atoms with E-state index < -0.39 is 0 Å². The van der Waals surface area contributed by atoms with Crippen LogP contribution in [0.1, 0.15) is 35.3 Å². The third-order valence-corrected chi connectivity index (χ3v) is 4.50. The molecule has 0 aromatic carbocycles. The summed E-state index contributed by atoms with van der Waals surface area (Å²) in [6.07, 6.45) is 6.73. The molecule has 2 aromatic heterocycles. The van der Waals surface area contributed by atoms with Gasteiger partial charge < -0.3 is 15.1 Å². The first-order valence-corrected chi connectivity index (χ1v) is 7.11. The highest BCUT2D eigenvalue weighted by Crippen LogP contribution is 2.28. The van der Waals surface area contributed by atoms with Gasteiger partial charge in [-0.05, 0) is 37.8 Å². The van der Waals surface area contributed by atoms with Crippen LogP contribution in [-0.4, -0.2) is 29.0 Å². The Kier molecular flexibility index (Phi) is 2.57. The van der Waals surface area contributed by atoms with E-state index in [-0.39, 0.29) is 11.9 Å². The van der Waals surface area contributed by atoms with Crippen LogP contribution in [0.2, 0.25) is 0 Å². The Morgan fingerprint density at radius 1 is 1.50 bits per heavy atom. The smallest absolute Gasteiger partial charge is 0.270 e. The average molecular weight is 271 g/mol. The van der Waals surface area contributed by atoms with E-state index >= 15 is 0 Å². The van der Waals surface area contributed by atoms with Gasteiger partial charge in [-0.3, -0.25) is 4.79 Å². The molecule has 0 radical (unpaired) electrons. The fraction of sp³-hybridized carbons (Fsp3) is 0.467. The number of hydrogen-bond acceptors (Lipinski definition) is 4. The molecule has 5 heteroatoms. The number of nitrogens with zero attached hydrogens (tertiary/aromatic N) is 1. The molecule has 2 aromatic rings. The summed E-state index contributed by atoms with van der Waals surface area (Å²) in [7, 11) is 0. The normalized spacial score (nSPS) is 28.1. The van der Waals surface area contributed by atoms with E-state index in [1.54, 1.807) is 12.5 Å². The lowest BCUT2D eigenvalue weighted by molar-refractivity contribution is 0.0926. The Balaban J connectivity index is 1.56. The lowest BCUT2D eigenvalue weighted by Gasteiger charge is -2.21. The van der Waals surface area contributed by atoms with E-state index in [1.165, 1.54) is 6.42 Å². The van der Waals surface area contributed by atoms with Crippen LogP contribution < -0.4 is 10.6 Å². The van der Waals surface area contributed by atoms with Crippen LogP contribution in [0.3, 0.4) is 0 Å². The zero-order valence-corrected chi connectivity index (χ0v) is 11.3. The maximum absolute atomic E-state index is 12.3. The average Bonchev–Trinajstić information content (AvgIpc) is 3.15. The van der Waals surface area contributed by atoms with Gasteiger partial charge in [0.1, 0.15) is 5.69 Å². The summed E-state index contributed by atoms with van der Waals surface area (Å²) < 4.78 is 5.35. The van der Waals surface area contributed by atoms with Crippen molar-refractivity contribution in [3.05, 3.63) is 29.8 Å². The van der Waals surface area contributed by atoms with Crippen LogP contribution in [-0.2, 0) is 0 Å². The quantitative estimate of drug-likeness (QED) is 0.873. The predicted molar refractivity (Wildman–Crippen MR) is 74.6 cm³/mol. The van der Waals surface area contributed by atoms with Gasteiger partial charge in [0.05, 0.1) is 12.5 Å². The van der Waals surface area contributed by atoms with Gasteiger partial charge in [0, 0.05) is 23.5 Å². The van der Waals surface area contributed by atoms with Crippen molar-refractivity contribution in [1.82, 2.24) is 15.6 Å². The maximum atomic E-state index is 12.3. The Hall–Kier alpha value is -1.88. The fourth-order valence-corrected chi connectivity index (χ4v) is 3.41. The number of carbonyl (C=O) groups excluding carboxylic acids is 1. The Bertz CT molecular complexity index is 679.